The minimum atomic E-state index is -0.318. The molecule has 0 unspecified atom stereocenters. The van der Waals surface area contributed by atoms with E-state index in [9.17, 15) is 9.59 Å². The van der Waals surface area contributed by atoms with Crippen LogP contribution in [-0.4, -0.2) is 60.0 Å². The van der Waals surface area contributed by atoms with Crippen LogP contribution in [0.1, 0.15) is 186 Å². The minimum absolute atomic E-state index is 0.0936. The molecule has 12 rings (SSSR count). The zero-order valence-corrected chi connectivity index (χ0v) is 64.5. The number of ether oxygens (including phenoxy) is 6. The van der Waals surface area contributed by atoms with E-state index in [1.54, 1.807) is 0 Å². The van der Waals surface area contributed by atoms with E-state index in [4.69, 9.17) is 28.4 Å². The Morgan fingerprint density at radius 1 is 0.239 bits per heavy atom. The van der Waals surface area contributed by atoms with Crippen molar-refractivity contribution in [3.63, 3.8) is 0 Å². The maximum absolute atomic E-state index is 14.4. The van der Waals surface area contributed by atoms with Gasteiger partial charge >= 0.3 is 0 Å². The molecule has 0 bridgehead atoms. The van der Waals surface area contributed by atoms with Crippen LogP contribution in [0.4, 0.5) is 0 Å². The van der Waals surface area contributed by atoms with E-state index >= 15 is 0 Å². The summed E-state index contributed by atoms with van der Waals surface area (Å²) in [6.45, 7) is 8.64. The predicted molar refractivity (Wildman–Crippen MR) is 425 cm³/mol. The molecule has 1 aliphatic carbocycles. The molecule has 0 atom stereocenters. The van der Waals surface area contributed by atoms with Gasteiger partial charge in [-0.2, -0.15) is 8.75 Å². The van der Waals surface area contributed by atoms with Gasteiger partial charge in [0.2, 0.25) is 23.1 Å². The van der Waals surface area contributed by atoms with Crippen molar-refractivity contribution in [1.82, 2.24) is 8.75 Å². The molecule has 0 fully saturated rings. The predicted octanol–water partition coefficient (Wildman–Crippen LogP) is 17.4. The first-order valence-corrected chi connectivity index (χ1v) is 41.0. The van der Waals surface area contributed by atoms with Gasteiger partial charge in [-0.05, 0) is 197 Å². The van der Waals surface area contributed by atoms with Crippen molar-refractivity contribution in [2.45, 2.75) is 193 Å². The van der Waals surface area contributed by atoms with Gasteiger partial charge < -0.3 is 28.4 Å². The number of hydrogen-bond donors (Lipinski definition) is 0. The summed E-state index contributed by atoms with van der Waals surface area (Å²) in [4.78, 5) is 28.9. The van der Waals surface area contributed by atoms with Gasteiger partial charge in [-0.25, -0.2) is 27.4 Å². The summed E-state index contributed by atoms with van der Waals surface area (Å²) in [6, 6.07) is 53.8. The van der Waals surface area contributed by atoms with E-state index in [0.717, 1.165) is 238 Å². The van der Waals surface area contributed by atoms with Crippen LogP contribution in [0.25, 0.3) is 33.0 Å². The maximum Gasteiger partial charge on any atom is 0.215 e. The molecule has 0 saturated carbocycles. The van der Waals surface area contributed by atoms with E-state index in [0.29, 0.717) is 85.3 Å². The van der Waals surface area contributed by atoms with Crippen molar-refractivity contribution in [2.24, 2.45) is 0 Å². The van der Waals surface area contributed by atoms with Crippen LogP contribution in [0, 0.1) is 0 Å². The van der Waals surface area contributed by atoms with Crippen molar-refractivity contribution >= 4 is 34.1 Å². The number of aryl methyl sites for hydroxylation is 6. The monoisotopic (exact) mass is 1490 g/mol. The number of hydrogen-bond acceptors (Lipinski definition) is 11. The number of benzene rings is 4. The molecular weight excluding hydrogens is 1380 g/mol. The molecule has 0 saturated heterocycles. The van der Waals surface area contributed by atoms with Crippen LogP contribution < -0.4 is 55.8 Å². The van der Waals surface area contributed by atoms with Crippen molar-refractivity contribution in [1.29, 1.82) is 0 Å². The number of fused-ring (bicyclic) bond motifs is 3. The summed E-state index contributed by atoms with van der Waals surface area (Å²) >= 11 is 0.883. The Morgan fingerprint density at radius 2 is 0.450 bits per heavy atom. The molecule has 1 aliphatic rings. The smallest absolute Gasteiger partial charge is 0.215 e. The fraction of sp³-hybridized carbons (Fsp3) is 0.391. The van der Waals surface area contributed by atoms with Crippen molar-refractivity contribution in [2.75, 3.05) is 39.6 Å². The highest BCUT2D eigenvalue weighted by atomic mass is 32.1. The normalized spacial score (nSPS) is 11.7. The average Bonchev–Trinajstić information content (AvgIpc) is 1.31. The molecule has 0 spiro atoms. The van der Waals surface area contributed by atoms with Crippen molar-refractivity contribution in [3.8, 4) is 56.8 Å². The molecule has 109 heavy (non-hydrogen) atoms. The van der Waals surface area contributed by atoms with E-state index in [1.807, 2.05) is 12.1 Å². The Balaban J connectivity index is 0.912. The molecule has 0 radical (unpaired) electrons. The van der Waals surface area contributed by atoms with Crippen LogP contribution in [0.2, 0.25) is 0 Å². The molecule has 7 aromatic heterocycles. The van der Waals surface area contributed by atoms with E-state index in [2.05, 4.69) is 256 Å². The van der Waals surface area contributed by atoms with Crippen LogP contribution in [-0.2, 0) is 39.3 Å². The second-order valence-electron chi connectivity index (χ2n) is 28.6. The first-order chi connectivity index (χ1) is 54.0. The Labute approximate surface area is 648 Å². The number of pyridine rings is 6. The second kappa shape index (κ2) is 43.7. The average molecular weight is 1490 g/mol. The molecule has 566 valence electrons. The Morgan fingerprint density at radius 3 is 0.688 bits per heavy atom. The number of unbranched alkanes of at least 4 members (excludes halogenated alkanes) is 18. The third-order valence-electron chi connectivity index (χ3n) is 20.2. The maximum atomic E-state index is 14.4. The standard InChI is InChI=1S/C92H110N8O8S/c101-89-81-69-75-67-79(77-71-83(103-61-37-7-1-19-43-95-49-25-13-26-50-95)91(107-65-41-11-5-23-47-99-57-33-17-34-58-99)84(72-77)104-62-38-8-2-20-44-96-51-27-14-28-52-96)80(68-76(75)70-82(81)90(102)88-87(89)93-109-94-88)78-73-85(105-63-39-9-3-21-45-97-53-29-15-30-54-97)92(108-66-42-12-6-24-48-100-59-35-18-36-60-100)86(74-78)106-64-40-10-4-22-46-98-55-31-16-32-56-98/h13-18,25-36,49-60,67-74H,1-12,19-24,37-48,61-66H2/q+6. The van der Waals surface area contributed by atoms with E-state index < -0.39 is 0 Å². The summed E-state index contributed by atoms with van der Waals surface area (Å²) in [5.74, 6) is 2.98. The third-order valence-corrected chi connectivity index (χ3v) is 20.8. The van der Waals surface area contributed by atoms with Crippen LogP contribution in [0.15, 0.2) is 232 Å². The van der Waals surface area contributed by atoms with Gasteiger partial charge in [0.25, 0.3) is 0 Å². The van der Waals surface area contributed by atoms with Crippen LogP contribution in [0.5, 0.6) is 34.5 Å². The highest BCUT2D eigenvalue weighted by Gasteiger charge is 2.34. The highest BCUT2D eigenvalue weighted by Crippen LogP contribution is 2.49. The molecule has 0 N–H and O–H groups in total. The van der Waals surface area contributed by atoms with E-state index in [1.165, 1.54) is 0 Å². The minimum Gasteiger partial charge on any atom is -0.490 e. The molecule has 17 heteroatoms. The summed E-state index contributed by atoms with van der Waals surface area (Å²) in [7, 11) is 0. The zero-order chi connectivity index (χ0) is 74.5. The summed E-state index contributed by atoms with van der Waals surface area (Å²) in [5.41, 5.74) is 4.15. The lowest BCUT2D eigenvalue weighted by atomic mass is 9.85. The number of ketones is 2. The van der Waals surface area contributed by atoms with E-state index in [-0.39, 0.29) is 23.0 Å². The topological polar surface area (TPSA) is 139 Å². The molecule has 16 nitrogen and oxygen atoms in total. The first kappa shape index (κ1) is 78.3. The quantitative estimate of drug-likeness (QED) is 0.0267. The van der Waals surface area contributed by atoms with Crippen LogP contribution in [0.3, 0.4) is 0 Å². The number of rotatable bonds is 50. The highest BCUT2D eigenvalue weighted by molar-refractivity contribution is 6.99. The third kappa shape index (κ3) is 24.4. The Bertz CT molecular complexity index is 4100. The summed E-state index contributed by atoms with van der Waals surface area (Å²) in [5, 5.41) is 1.55. The Kier molecular flexibility index (Phi) is 31.4. The number of carbonyl (C=O) groups excluding carboxylic acids is 2. The number of aromatic nitrogens is 8. The SMILES string of the molecule is O=C1c2cc3cc(-c4cc(OCCCCCC[n+]5ccccc5)c(OCCCCCC[n+]5ccccc5)c(OCCCCCC[n+]5ccccc5)c4)c(-c4cc(OCCCCCC[n+]5ccccc5)c(OCCCCCC[n+]5ccccc5)c(OCCCCCC[n+]5ccccc5)c4)cc3cc2C(=O)c2nsnc21. The van der Waals surface area contributed by atoms with Gasteiger partial charge in [0, 0.05) is 122 Å². The van der Waals surface area contributed by atoms with Crippen molar-refractivity contribution in [3.05, 3.63) is 255 Å². The first-order valence-electron chi connectivity index (χ1n) is 40.3. The number of nitrogens with zero attached hydrogens (tertiary/aromatic N) is 8. The molecule has 0 amide bonds. The van der Waals surface area contributed by atoms with Gasteiger partial charge in [0.1, 0.15) is 39.3 Å². The van der Waals surface area contributed by atoms with Gasteiger partial charge in [-0.15, -0.1) is 0 Å². The second-order valence-corrected chi connectivity index (χ2v) is 29.2. The molecule has 11 aromatic rings. The van der Waals surface area contributed by atoms with Crippen molar-refractivity contribution < 1.29 is 65.4 Å². The summed E-state index contributed by atoms with van der Waals surface area (Å²) < 4.78 is 64.5. The molecule has 7 heterocycles. The lowest BCUT2D eigenvalue weighted by Gasteiger charge is -2.22. The molecule has 0 aliphatic heterocycles. The van der Waals surface area contributed by atoms with Crippen LogP contribution >= 0.6 is 11.7 Å². The lowest BCUT2D eigenvalue weighted by molar-refractivity contribution is -0.697. The van der Waals surface area contributed by atoms with Gasteiger partial charge in [0.15, 0.2) is 109 Å². The summed E-state index contributed by atoms with van der Waals surface area (Å²) in [6.07, 6.45) is 49.5. The van der Waals surface area contributed by atoms with Gasteiger partial charge in [-0.1, -0.05) is 36.4 Å². The van der Waals surface area contributed by atoms with Gasteiger partial charge in [-0.3, -0.25) is 9.59 Å². The zero-order valence-electron chi connectivity index (χ0n) is 63.6. The number of carbonyl (C=O) groups is 2. The van der Waals surface area contributed by atoms with Gasteiger partial charge in [0.05, 0.1) is 51.4 Å². The fourth-order valence-corrected chi connectivity index (χ4v) is 14.7. The lowest BCUT2D eigenvalue weighted by Crippen LogP contribution is -2.32. The largest absolute Gasteiger partial charge is 0.490 e. The Hall–Kier alpha value is -10.3. The molecular formula is C92H110N8O8S+6. The molecule has 4 aromatic carbocycles. The fourth-order valence-electron chi connectivity index (χ4n) is 14.2.